The molecule has 2 aromatic rings. The number of phenols is 1. The number of aliphatic hydroxyl groups excluding tert-OH is 1. The molecule has 1 aliphatic rings. The van der Waals surface area contributed by atoms with E-state index >= 15 is 0 Å². The lowest BCUT2D eigenvalue weighted by molar-refractivity contribution is 0.0651. The number of carbonyl (C=O) groups is 1. The minimum Gasteiger partial charge on any atom is -0.506 e. The molecule has 0 aliphatic carbocycles. The lowest BCUT2D eigenvalue weighted by Crippen LogP contribution is -2.22. The van der Waals surface area contributed by atoms with Gasteiger partial charge in [-0.2, -0.15) is 0 Å². The van der Waals surface area contributed by atoms with E-state index in [0.29, 0.717) is 38.1 Å². The van der Waals surface area contributed by atoms with Gasteiger partial charge in [-0.3, -0.25) is 5.32 Å². The number of benzene rings is 2. The largest absolute Gasteiger partial charge is 0.506 e. The maximum absolute atomic E-state index is 12.5. The standard InChI is InChI=1S/C19H19Br2NO6/c1-10(4-5-23)18(13-6-11(20)7-14(21)17(13)24)28-19(25)22-12-2-3-15-16(8-12)27-9-26-15/h2-3,6-8,10,18,23-24H,4-5,9H2,1H3,(H,22,25)/t10-,18-/m1/s1. The van der Waals surface area contributed by atoms with E-state index in [1.54, 1.807) is 30.3 Å². The molecule has 3 N–H and O–H groups in total. The summed E-state index contributed by atoms with van der Waals surface area (Å²) in [4.78, 5) is 12.5. The number of anilines is 1. The summed E-state index contributed by atoms with van der Waals surface area (Å²) < 4.78 is 17.4. The van der Waals surface area contributed by atoms with E-state index in [1.807, 2.05) is 6.92 Å². The molecule has 3 rings (SSSR count). The van der Waals surface area contributed by atoms with E-state index in [-0.39, 0.29) is 25.1 Å². The maximum atomic E-state index is 12.5. The van der Waals surface area contributed by atoms with Crippen LogP contribution < -0.4 is 14.8 Å². The van der Waals surface area contributed by atoms with Crippen LogP contribution in [0.4, 0.5) is 10.5 Å². The summed E-state index contributed by atoms with van der Waals surface area (Å²) in [5.41, 5.74) is 0.922. The van der Waals surface area contributed by atoms with Crippen molar-refractivity contribution in [1.29, 1.82) is 0 Å². The fourth-order valence-electron chi connectivity index (χ4n) is 2.88. The van der Waals surface area contributed by atoms with E-state index in [2.05, 4.69) is 37.2 Å². The van der Waals surface area contributed by atoms with Gasteiger partial charge in [0, 0.05) is 28.4 Å². The Morgan fingerprint density at radius 1 is 1.25 bits per heavy atom. The Kier molecular flexibility index (Phi) is 6.69. The number of hydrogen-bond acceptors (Lipinski definition) is 6. The van der Waals surface area contributed by atoms with Crippen molar-refractivity contribution in [2.75, 3.05) is 18.7 Å². The number of hydrogen-bond donors (Lipinski definition) is 3. The molecule has 0 fully saturated rings. The van der Waals surface area contributed by atoms with Crippen molar-refractivity contribution in [3.63, 3.8) is 0 Å². The number of carbonyl (C=O) groups excluding carboxylic acids is 1. The summed E-state index contributed by atoms with van der Waals surface area (Å²) in [6.45, 7) is 1.91. The van der Waals surface area contributed by atoms with E-state index in [1.165, 1.54) is 0 Å². The molecule has 9 heteroatoms. The molecule has 0 radical (unpaired) electrons. The zero-order chi connectivity index (χ0) is 20.3. The molecule has 0 saturated carbocycles. The number of aromatic hydroxyl groups is 1. The highest BCUT2D eigenvalue weighted by Gasteiger charge is 2.28. The van der Waals surface area contributed by atoms with Gasteiger partial charge in [0.15, 0.2) is 11.5 Å². The van der Waals surface area contributed by atoms with Crippen molar-refractivity contribution < 1.29 is 29.2 Å². The first-order valence-corrected chi connectivity index (χ1v) is 10.1. The molecule has 2 aromatic carbocycles. The van der Waals surface area contributed by atoms with E-state index in [0.717, 1.165) is 0 Å². The predicted molar refractivity (Wildman–Crippen MR) is 110 cm³/mol. The minimum atomic E-state index is -0.769. The van der Waals surface area contributed by atoms with Gasteiger partial charge in [0.2, 0.25) is 6.79 Å². The molecule has 1 heterocycles. The minimum absolute atomic E-state index is 0.0196. The highest BCUT2D eigenvalue weighted by molar-refractivity contribution is 9.11. The van der Waals surface area contributed by atoms with Gasteiger partial charge < -0.3 is 24.4 Å². The van der Waals surface area contributed by atoms with Gasteiger partial charge in [0.1, 0.15) is 11.9 Å². The number of rotatable bonds is 6. The van der Waals surface area contributed by atoms with Gasteiger partial charge in [-0.1, -0.05) is 22.9 Å². The second-order valence-electron chi connectivity index (χ2n) is 6.33. The lowest BCUT2D eigenvalue weighted by Gasteiger charge is -2.25. The van der Waals surface area contributed by atoms with Gasteiger partial charge in [-0.05, 0) is 52.5 Å². The number of fused-ring (bicyclic) bond motifs is 1. The zero-order valence-corrected chi connectivity index (χ0v) is 18.1. The van der Waals surface area contributed by atoms with E-state index in [9.17, 15) is 15.0 Å². The van der Waals surface area contributed by atoms with Crippen molar-refractivity contribution >= 4 is 43.6 Å². The molecule has 0 bridgehead atoms. The average molecular weight is 517 g/mol. The highest BCUT2D eigenvalue weighted by atomic mass is 79.9. The van der Waals surface area contributed by atoms with Crippen molar-refractivity contribution in [2.45, 2.75) is 19.4 Å². The third kappa shape index (κ3) is 4.71. The molecule has 2 atom stereocenters. The summed E-state index contributed by atoms with van der Waals surface area (Å²) in [6, 6.07) is 8.39. The first-order valence-electron chi connectivity index (χ1n) is 8.55. The molecule has 7 nitrogen and oxygen atoms in total. The Morgan fingerprint density at radius 2 is 2.00 bits per heavy atom. The molecular weight excluding hydrogens is 498 g/mol. The SMILES string of the molecule is C[C@H](CCO)[C@@H](OC(=O)Nc1ccc2c(c1)OCO2)c1cc(Br)cc(Br)c1O. The van der Waals surface area contributed by atoms with Gasteiger partial charge in [-0.25, -0.2) is 4.79 Å². The molecule has 0 spiro atoms. The average Bonchev–Trinajstić information content (AvgIpc) is 3.11. The van der Waals surface area contributed by atoms with Crippen LogP contribution in [0.3, 0.4) is 0 Å². The Morgan fingerprint density at radius 3 is 2.75 bits per heavy atom. The van der Waals surface area contributed by atoms with E-state index < -0.39 is 12.2 Å². The number of aliphatic hydroxyl groups is 1. The highest BCUT2D eigenvalue weighted by Crippen LogP contribution is 2.40. The van der Waals surface area contributed by atoms with Crippen molar-refractivity contribution in [3.05, 3.63) is 44.8 Å². The van der Waals surface area contributed by atoms with Gasteiger partial charge >= 0.3 is 6.09 Å². The van der Waals surface area contributed by atoms with Crippen LogP contribution in [0, 0.1) is 5.92 Å². The van der Waals surface area contributed by atoms with Crippen LogP contribution in [0.1, 0.15) is 25.0 Å². The molecule has 1 aliphatic heterocycles. The van der Waals surface area contributed by atoms with Gasteiger partial charge in [-0.15, -0.1) is 0 Å². The molecule has 150 valence electrons. The fourth-order valence-corrected chi connectivity index (χ4v) is 4.14. The number of amides is 1. The van der Waals surface area contributed by atoms with Crippen molar-refractivity contribution in [3.8, 4) is 17.2 Å². The second-order valence-corrected chi connectivity index (χ2v) is 8.10. The Bertz CT molecular complexity index is 876. The first-order chi connectivity index (χ1) is 13.4. The second kappa shape index (κ2) is 9.02. The number of nitrogens with one attached hydrogen (secondary N) is 1. The van der Waals surface area contributed by atoms with Gasteiger partial charge in [0.05, 0.1) is 4.47 Å². The van der Waals surface area contributed by atoms with Crippen LogP contribution in [-0.4, -0.2) is 29.7 Å². The summed E-state index contributed by atoms with van der Waals surface area (Å²) in [7, 11) is 0. The first kappa shape index (κ1) is 20.8. The normalized spacial score (nSPS) is 14.4. The zero-order valence-electron chi connectivity index (χ0n) is 14.9. The summed E-state index contributed by atoms with van der Waals surface area (Å²) in [6.07, 6.45) is -1.06. The van der Waals surface area contributed by atoms with Crippen LogP contribution in [0.25, 0.3) is 0 Å². The predicted octanol–water partition coefficient (Wildman–Crippen LogP) is 4.95. The molecule has 1 amide bonds. The van der Waals surface area contributed by atoms with Crippen LogP contribution in [0.2, 0.25) is 0 Å². The fraction of sp³-hybridized carbons (Fsp3) is 0.316. The number of ether oxygens (including phenoxy) is 3. The van der Waals surface area contributed by atoms with Crippen LogP contribution in [0.15, 0.2) is 39.3 Å². The lowest BCUT2D eigenvalue weighted by atomic mass is 9.94. The monoisotopic (exact) mass is 515 g/mol. The molecule has 0 aromatic heterocycles. The quantitative estimate of drug-likeness (QED) is 0.502. The van der Waals surface area contributed by atoms with Crippen molar-refractivity contribution in [2.24, 2.45) is 5.92 Å². The summed E-state index contributed by atoms with van der Waals surface area (Å²) in [5.74, 6) is 0.891. The van der Waals surface area contributed by atoms with Crippen LogP contribution >= 0.6 is 31.9 Å². The summed E-state index contributed by atoms with van der Waals surface area (Å²) >= 11 is 6.67. The summed E-state index contributed by atoms with van der Waals surface area (Å²) in [5, 5.41) is 22.4. The molecular formula is C19H19Br2NO6. The third-order valence-corrected chi connectivity index (χ3v) is 5.38. The number of halogens is 2. The van der Waals surface area contributed by atoms with Crippen LogP contribution in [-0.2, 0) is 4.74 Å². The third-order valence-electron chi connectivity index (χ3n) is 4.32. The molecule has 28 heavy (non-hydrogen) atoms. The van der Waals surface area contributed by atoms with Crippen LogP contribution in [0.5, 0.6) is 17.2 Å². The topological polar surface area (TPSA) is 97.3 Å². The molecule has 0 unspecified atom stereocenters. The number of phenolic OH excluding ortho intramolecular Hbond substituents is 1. The maximum Gasteiger partial charge on any atom is 0.412 e. The Balaban J connectivity index is 1.80. The Labute approximate surface area is 178 Å². The van der Waals surface area contributed by atoms with E-state index in [4.69, 9.17) is 14.2 Å². The Hall–Kier alpha value is -1.97. The smallest absolute Gasteiger partial charge is 0.412 e. The molecule has 0 saturated heterocycles. The van der Waals surface area contributed by atoms with Crippen molar-refractivity contribution in [1.82, 2.24) is 0 Å². The van der Waals surface area contributed by atoms with Gasteiger partial charge in [0.25, 0.3) is 0 Å².